The van der Waals surface area contributed by atoms with Gasteiger partial charge in [-0.05, 0) is 67.7 Å². The molecule has 1 heterocycles. The summed E-state index contributed by atoms with van der Waals surface area (Å²) in [5.74, 6) is -1.37. The normalized spacial score (nSPS) is 17.7. The highest BCUT2D eigenvalue weighted by Gasteiger charge is 2.24. The van der Waals surface area contributed by atoms with Crippen molar-refractivity contribution in [1.29, 1.82) is 0 Å². The maximum absolute atomic E-state index is 14.6. The van der Waals surface area contributed by atoms with Crippen LogP contribution in [-0.4, -0.2) is 35.4 Å². The second kappa shape index (κ2) is 11.4. The number of Topliss-reactive ketones (excluding diaryl/α,β-unsaturated/α-hetero) is 1. The van der Waals surface area contributed by atoms with E-state index in [9.17, 15) is 18.8 Å². The Morgan fingerprint density at radius 3 is 2.54 bits per heavy atom. The third-order valence-electron chi connectivity index (χ3n) is 6.32. The minimum absolute atomic E-state index is 0.0124. The van der Waals surface area contributed by atoms with E-state index >= 15 is 0 Å². The summed E-state index contributed by atoms with van der Waals surface area (Å²) in [5.41, 5.74) is 0.0124. The Bertz CT molecular complexity index is 1180. The van der Waals surface area contributed by atoms with Crippen molar-refractivity contribution < 1.29 is 28.6 Å². The number of carbonyl (C=O) groups is 3. The van der Waals surface area contributed by atoms with Gasteiger partial charge in [0.2, 0.25) is 0 Å². The molecule has 35 heavy (non-hydrogen) atoms. The number of amides is 1. The van der Waals surface area contributed by atoms with E-state index < -0.39 is 11.8 Å². The molecule has 1 aromatic heterocycles. The number of nitrogens with one attached hydrogen (secondary N) is 1. The SMILES string of the molecule is O=C(O)CC1CCC(Oc2ccc(C(=O)CCCNC(=O)c3cc4ccccc4s3)c(F)c2)CC1. The smallest absolute Gasteiger partial charge is 0.303 e. The Kier molecular flexibility index (Phi) is 8.13. The first-order valence-electron chi connectivity index (χ1n) is 11.9. The van der Waals surface area contributed by atoms with E-state index in [1.165, 1.54) is 23.5 Å². The molecule has 8 heteroatoms. The van der Waals surface area contributed by atoms with Crippen molar-refractivity contribution in [3.8, 4) is 5.75 Å². The van der Waals surface area contributed by atoms with Crippen molar-refractivity contribution >= 4 is 39.1 Å². The second-order valence-corrected chi connectivity index (χ2v) is 10.0. The van der Waals surface area contributed by atoms with Crippen LogP contribution in [0.1, 0.15) is 65.0 Å². The first-order valence-corrected chi connectivity index (χ1v) is 12.7. The maximum Gasteiger partial charge on any atom is 0.303 e. The molecule has 1 aliphatic rings. The molecule has 2 aromatic carbocycles. The van der Waals surface area contributed by atoms with Gasteiger partial charge in [-0.25, -0.2) is 4.39 Å². The van der Waals surface area contributed by atoms with Crippen LogP contribution in [0.15, 0.2) is 48.5 Å². The number of halogens is 1. The monoisotopic (exact) mass is 497 g/mol. The van der Waals surface area contributed by atoms with Crippen LogP contribution >= 0.6 is 11.3 Å². The van der Waals surface area contributed by atoms with Crippen LogP contribution in [-0.2, 0) is 4.79 Å². The maximum atomic E-state index is 14.6. The predicted molar refractivity (Wildman–Crippen MR) is 133 cm³/mol. The number of thiophene rings is 1. The van der Waals surface area contributed by atoms with Crippen LogP contribution in [0.3, 0.4) is 0 Å². The van der Waals surface area contributed by atoms with Gasteiger partial charge in [-0.15, -0.1) is 11.3 Å². The van der Waals surface area contributed by atoms with E-state index in [4.69, 9.17) is 9.84 Å². The van der Waals surface area contributed by atoms with Gasteiger partial charge in [0, 0.05) is 30.2 Å². The Balaban J connectivity index is 1.21. The molecule has 6 nitrogen and oxygen atoms in total. The van der Waals surface area contributed by atoms with Crippen LogP contribution in [0.25, 0.3) is 10.1 Å². The van der Waals surface area contributed by atoms with Gasteiger partial charge in [0.05, 0.1) is 16.5 Å². The number of hydrogen-bond acceptors (Lipinski definition) is 5. The number of benzene rings is 2. The third kappa shape index (κ3) is 6.66. The molecule has 4 rings (SSSR count). The van der Waals surface area contributed by atoms with Crippen LogP contribution in [0.5, 0.6) is 5.75 Å². The Hall–Kier alpha value is -3.26. The highest BCUT2D eigenvalue weighted by atomic mass is 32.1. The van der Waals surface area contributed by atoms with E-state index in [1.54, 1.807) is 6.07 Å². The zero-order chi connectivity index (χ0) is 24.8. The molecule has 0 unspecified atom stereocenters. The highest BCUT2D eigenvalue weighted by molar-refractivity contribution is 7.20. The summed E-state index contributed by atoms with van der Waals surface area (Å²) in [7, 11) is 0. The van der Waals surface area contributed by atoms with Crippen molar-refractivity contribution in [2.45, 2.75) is 51.0 Å². The lowest BCUT2D eigenvalue weighted by atomic mass is 9.85. The van der Waals surface area contributed by atoms with Crippen molar-refractivity contribution in [2.75, 3.05) is 6.54 Å². The van der Waals surface area contributed by atoms with Crippen LogP contribution < -0.4 is 10.1 Å². The molecule has 1 fully saturated rings. The minimum Gasteiger partial charge on any atom is -0.490 e. The summed E-state index contributed by atoms with van der Waals surface area (Å²) in [5, 5.41) is 12.8. The average Bonchev–Trinajstić information content (AvgIpc) is 3.27. The van der Waals surface area contributed by atoms with Gasteiger partial charge in [0.15, 0.2) is 5.78 Å². The van der Waals surface area contributed by atoms with Gasteiger partial charge in [-0.3, -0.25) is 14.4 Å². The van der Waals surface area contributed by atoms with Gasteiger partial charge in [-0.1, -0.05) is 18.2 Å². The fraction of sp³-hybridized carbons (Fsp3) is 0.370. The van der Waals surface area contributed by atoms with Gasteiger partial charge >= 0.3 is 5.97 Å². The zero-order valence-electron chi connectivity index (χ0n) is 19.3. The number of ether oxygens (including phenoxy) is 1. The topological polar surface area (TPSA) is 92.7 Å². The molecule has 0 radical (unpaired) electrons. The number of rotatable bonds is 10. The van der Waals surface area contributed by atoms with E-state index in [1.807, 2.05) is 30.3 Å². The van der Waals surface area contributed by atoms with E-state index in [0.29, 0.717) is 23.6 Å². The fourth-order valence-electron chi connectivity index (χ4n) is 4.45. The van der Waals surface area contributed by atoms with Crippen LogP contribution in [0, 0.1) is 11.7 Å². The Morgan fingerprint density at radius 1 is 1.06 bits per heavy atom. The molecule has 1 amide bonds. The van der Waals surface area contributed by atoms with Crippen LogP contribution in [0.2, 0.25) is 0 Å². The molecular formula is C27H28FNO5S. The fourth-order valence-corrected chi connectivity index (χ4v) is 5.43. The molecule has 0 bridgehead atoms. The largest absolute Gasteiger partial charge is 0.490 e. The summed E-state index contributed by atoms with van der Waals surface area (Å²) in [4.78, 5) is 36.3. The number of hydrogen-bond donors (Lipinski definition) is 2. The summed E-state index contributed by atoms with van der Waals surface area (Å²) < 4.78 is 21.5. The number of aliphatic carboxylic acids is 1. The molecule has 0 saturated heterocycles. The lowest BCUT2D eigenvalue weighted by Crippen LogP contribution is -2.25. The standard InChI is InChI=1S/C27H28FNO5S/c28-22-16-20(34-19-9-7-17(8-10-19)14-26(31)32)11-12-21(22)23(30)5-3-13-29-27(33)25-15-18-4-1-2-6-24(18)35-25/h1-2,4,6,11-12,15-17,19H,3,5,7-10,13-14H2,(H,29,33)(H,31,32). The molecule has 0 atom stereocenters. The van der Waals surface area contributed by atoms with Crippen molar-refractivity contribution in [1.82, 2.24) is 5.32 Å². The lowest BCUT2D eigenvalue weighted by molar-refractivity contribution is -0.138. The molecule has 1 saturated carbocycles. The van der Waals surface area contributed by atoms with Gasteiger partial charge in [0.25, 0.3) is 5.91 Å². The number of carboxylic acid groups (broad SMARTS) is 1. The predicted octanol–water partition coefficient (Wildman–Crippen LogP) is 5.85. The molecule has 184 valence electrons. The van der Waals surface area contributed by atoms with Crippen molar-refractivity contribution in [3.63, 3.8) is 0 Å². The van der Waals surface area contributed by atoms with Crippen molar-refractivity contribution in [3.05, 3.63) is 64.8 Å². The zero-order valence-corrected chi connectivity index (χ0v) is 20.1. The quantitative estimate of drug-likeness (QED) is 0.271. The van der Waals surface area contributed by atoms with E-state index in [-0.39, 0.29) is 42.1 Å². The van der Waals surface area contributed by atoms with Gasteiger partial charge in [-0.2, -0.15) is 0 Å². The molecule has 3 aromatic rings. The lowest BCUT2D eigenvalue weighted by Gasteiger charge is -2.28. The third-order valence-corrected chi connectivity index (χ3v) is 7.43. The summed E-state index contributed by atoms with van der Waals surface area (Å²) in [6.07, 6.45) is 3.63. The van der Waals surface area contributed by atoms with Gasteiger partial charge < -0.3 is 15.2 Å². The average molecular weight is 498 g/mol. The molecule has 0 aliphatic heterocycles. The summed E-state index contributed by atoms with van der Waals surface area (Å²) >= 11 is 1.42. The number of carbonyl (C=O) groups excluding carboxylic acids is 2. The summed E-state index contributed by atoms with van der Waals surface area (Å²) in [6, 6.07) is 13.9. The van der Waals surface area contributed by atoms with Crippen LogP contribution in [0.4, 0.5) is 4.39 Å². The second-order valence-electron chi connectivity index (χ2n) is 8.93. The number of fused-ring (bicyclic) bond motifs is 1. The molecular weight excluding hydrogens is 469 g/mol. The Labute approximate surface area is 207 Å². The number of ketones is 1. The van der Waals surface area contributed by atoms with Crippen molar-refractivity contribution in [2.24, 2.45) is 5.92 Å². The Morgan fingerprint density at radius 2 is 1.83 bits per heavy atom. The van der Waals surface area contributed by atoms with E-state index in [2.05, 4.69) is 5.32 Å². The molecule has 1 aliphatic carbocycles. The van der Waals surface area contributed by atoms with E-state index in [0.717, 1.165) is 35.8 Å². The summed E-state index contributed by atoms with van der Waals surface area (Å²) in [6.45, 7) is 0.326. The highest BCUT2D eigenvalue weighted by Crippen LogP contribution is 2.30. The molecule has 0 spiro atoms. The minimum atomic E-state index is -0.782. The first-order chi connectivity index (χ1) is 16.9. The van der Waals surface area contributed by atoms with Gasteiger partial charge in [0.1, 0.15) is 11.6 Å². The number of carboxylic acids is 1. The first kappa shape index (κ1) is 24.9. The molecule has 2 N–H and O–H groups in total.